The van der Waals surface area contributed by atoms with Gasteiger partial charge in [-0.2, -0.15) is 0 Å². The average molecular weight is 496 g/mol. The van der Waals surface area contributed by atoms with Gasteiger partial charge in [-0.1, -0.05) is 72.8 Å². The number of hydrogen-bond donors (Lipinski definition) is 2. The Morgan fingerprint density at radius 2 is 1.50 bits per heavy atom. The van der Waals surface area contributed by atoms with Crippen LogP contribution in [0, 0.1) is 0 Å². The summed E-state index contributed by atoms with van der Waals surface area (Å²) in [6, 6.07) is 30.1. The maximum atomic E-state index is 13.3. The Morgan fingerprint density at radius 1 is 0.694 bits per heavy atom. The molecule has 0 saturated heterocycles. The Bertz CT molecular complexity index is 1580. The maximum Gasteiger partial charge on any atom is 0.241 e. The van der Waals surface area contributed by atoms with Gasteiger partial charge in [0.15, 0.2) is 0 Å². The Balaban J connectivity index is 1.19. The summed E-state index contributed by atoms with van der Waals surface area (Å²) in [5.41, 5.74) is 3.16. The average Bonchev–Trinajstić information content (AvgIpc) is 2.92. The fourth-order valence-corrected chi connectivity index (χ4v) is 5.87. The van der Waals surface area contributed by atoms with E-state index in [0.29, 0.717) is 18.5 Å². The summed E-state index contributed by atoms with van der Waals surface area (Å²) in [5, 5.41) is 7.39. The molecule has 4 aromatic carbocycles. The van der Waals surface area contributed by atoms with Gasteiger partial charge in [-0.15, -0.1) is 0 Å². The van der Waals surface area contributed by atoms with E-state index in [9.17, 15) is 8.42 Å². The van der Waals surface area contributed by atoms with Crippen LogP contribution in [-0.2, 0) is 16.4 Å². The van der Waals surface area contributed by atoms with Gasteiger partial charge in [0.2, 0.25) is 10.0 Å². The monoisotopic (exact) mass is 495 g/mol. The third-order valence-electron chi connectivity index (χ3n) is 6.39. The van der Waals surface area contributed by atoms with E-state index in [4.69, 9.17) is 0 Å². The van der Waals surface area contributed by atoms with Crippen LogP contribution in [0.2, 0.25) is 0 Å². The molecule has 0 radical (unpaired) electrons. The van der Waals surface area contributed by atoms with Crippen molar-refractivity contribution >= 4 is 31.6 Å². The van der Waals surface area contributed by atoms with Crippen LogP contribution >= 0.6 is 0 Å². The van der Waals surface area contributed by atoms with Crippen molar-refractivity contribution in [2.45, 2.75) is 17.7 Å². The number of benzene rings is 4. The molecule has 0 spiro atoms. The van der Waals surface area contributed by atoms with E-state index in [2.05, 4.69) is 57.5 Å². The van der Waals surface area contributed by atoms with Crippen LogP contribution in [0.25, 0.3) is 32.7 Å². The van der Waals surface area contributed by atoms with Crippen LogP contribution < -0.4 is 10.0 Å². The van der Waals surface area contributed by atoms with Gasteiger partial charge in [0.05, 0.1) is 4.90 Å². The van der Waals surface area contributed by atoms with E-state index in [-0.39, 0.29) is 4.90 Å². The van der Waals surface area contributed by atoms with Crippen molar-refractivity contribution in [3.8, 4) is 11.1 Å². The second-order valence-electron chi connectivity index (χ2n) is 8.83. The number of nitrogens with one attached hydrogen (secondary N) is 2. The van der Waals surface area contributed by atoms with Crippen molar-refractivity contribution < 1.29 is 8.42 Å². The van der Waals surface area contributed by atoms with Gasteiger partial charge in [0.1, 0.15) is 0 Å². The number of hydrogen-bond acceptors (Lipinski definition) is 4. The number of pyridine rings is 1. The first kappa shape index (κ1) is 24.1. The molecule has 0 amide bonds. The van der Waals surface area contributed by atoms with Crippen LogP contribution in [0.15, 0.2) is 108 Å². The molecule has 0 bridgehead atoms. The van der Waals surface area contributed by atoms with Crippen molar-refractivity contribution in [3.63, 3.8) is 0 Å². The van der Waals surface area contributed by atoms with E-state index in [0.717, 1.165) is 35.9 Å². The normalized spacial score (nSPS) is 11.8. The predicted molar refractivity (Wildman–Crippen MR) is 148 cm³/mol. The number of aryl methyl sites for hydroxylation is 1. The molecule has 182 valence electrons. The quantitative estimate of drug-likeness (QED) is 0.249. The highest BCUT2D eigenvalue weighted by molar-refractivity contribution is 7.89. The molecule has 5 rings (SSSR count). The van der Waals surface area contributed by atoms with Crippen LogP contribution in [0.1, 0.15) is 12.0 Å². The number of sulfonamides is 1. The van der Waals surface area contributed by atoms with Gasteiger partial charge < -0.3 is 5.32 Å². The summed E-state index contributed by atoms with van der Waals surface area (Å²) in [6.45, 7) is 1.70. The van der Waals surface area contributed by atoms with Gasteiger partial charge >= 0.3 is 0 Å². The maximum absolute atomic E-state index is 13.3. The lowest BCUT2D eigenvalue weighted by atomic mass is 10.0. The number of aromatic nitrogens is 1. The largest absolute Gasteiger partial charge is 0.315 e. The van der Waals surface area contributed by atoms with Gasteiger partial charge in [-0.05, 0) is 65.0 Å². The molecule has 6 heteroatoms. The van der Waals surface area contributed by atoms with Crippen LogP contribution in [0.4, 0.5) is 0 Å². The Kier molecular flexibility index (Phi) is 7.37. The molecule has 2 N–H and O–H groups in total. The summed E-state index contributed by atoms with van der Waals surface area (Å²) in [4.78, 5) is 4.46. The standard InChI is InChI=1S/C30H29N3O2S/c34-36(35,30-21-26(23-8-2-1-3-9-23)20-27-22-32-17-15-29(27)30)33-19-18-31-16-7-13-25-12-6-11-24-10-4-5-14-28(24)25/h1-6,8-12,14-15,17,20-22,31,33H,7,13,16,18-19H2. The van der Waals surface area contributed by atoms with Crippen molar-refractivity contribution in [2.24, 2.45) is 0 Å². The SMILES string of the molecule is O=S(=O)(NCCNCCCc1cccc2ccccc12)c1cc(-c2ccccc2)cc2cnccc12. The van der Waals surface area contributed by atoms with Gasteiger partial charge in [0.25, 0.3) is 0 Å². The van der Waals surface area contributed by atoms with Crippen molar-refractivity contribution in [1.29, 1.82) is 0 Å². The van der Waals surface area contributed by atoms with Gasteiger partial charge in [-0.3, -0.25) is 4.98 Å². The van der Waals surface area contributed by atoms with Crippen LogP contribution in [0.5, 0.6) is 0 Å². The predicted octanol–water partition coefficient (Wildman–Crippen LogP) is 5.56. The minimum Gasteiger partial charge on any atom is -0.315 e. The summed E-state index contributed by atoms with van der Waals surface area (Å²) in [5.74, 6) is 0. The first-order valence-electron chi connectivity index (χ1n) is 12.2. The van der Waals surface area contributed by atoms with E-state index in [1.54, 1.807) is 24.5 Å². The highest BCUT2D eigenvalue weighted by Crippen LogP contribution is 2.30. The Morgan fingerprint density at radius 3 is 2.39 bits per heavy atom. The fourth-order valence-electron chi connectivity index (χ4n) is 4.58. The van der Waals surface area contributed by atoms with E-state index < -0.39 is 10.0 Å². The van der Waals surface area contributed by atoms with E-state index >= 15 is 0 Å². The van der Waals surface area contributed by atoms with Crippen molar-refractivity contribution in [1.82, 2.24) is 15.0 Å². The summed E-state index contributed by atoms with van der Waals surface area (Å²) in [7, 11) is -3.70. The molecule has 0 aliphatic heterocycles. The van der Waals surface area contributed by atoms with Crippen molar-refractivity contribution in [2.75, 3.05) is 19.6 Å². The molecule has 0 aliphatic rings. The molecular formula is C30H29N3O2S. The second-order valence-corrected chi connectivity index (χ2v) is 10.6. The van der Waals surface area contributed by atoms with Crippen molar-refractivity contribution in [3.05, 3.63) is 109 Å². The van der Waals surface area contributed by atoms with Crippen LogP contribution in [-0.4, -0.2) is 33.0 Å². The first-order chi connectivity index (χ1) is 17.6. The van der Waals surface area contributed by atoms with E-state index in [1.807, 2.05) is 36.4 Å². The molecular weight excluding hydrogens is 466 g/mol. The molecule has 0 saturated carbocycles. The number of nitrogens with zero attached hydrogens (tertiary/aromatic N) is 1. The minimum absolute atomic E-state index is 0.275. The zero-order valence-corrected chi connectivity index (χ0v) is 20.8. The van der Waals surface area contributed by atoms with Crippen LogP contribution in [0.3, 0.4) is 0 Å². The molecule has 36 heavy (non-hydrogen) atoms. The molecule has 0 unspecified atom stereocenters. The summed E-state index contributed by atoms with van der Waals surface area (Å²) in [6.07, 6.45) is 5.29. The lowest BCUT2D eigenvalue weighted by Gasteiger charge is -2.13. The fraction of sp³-hybridized carbons (Fsp3) is 0.167. The second kappa shape index (κ2) is 11.0. The molecule has 0 atom stereocenters. The Hall–Kier alpha value is -3.58. The number of fused-ring (bicyclic) bond motifs is 2. The zero-order chi connectivity index (χ0) is 24.8. The third-order valence-corrected chi connectivity index (χ3v) is 7.89. The zero-order valence-electron chi connectivity index (χ0n) is 20.0. The minimum atomic E-state index is -3.70. The molecule has 5 aromatic rings. The lowest BCUT2D eigenvalue weighted by Crippen LogP contribution is -2.32. The Labute approximate surface area is 212 Å². The molecule has 1 aromatic heterocycles. The summed E-state index contributed by atoms with van der Waals surface area (Å²) < 4.78 is 29.3. The first-order valence-corrected chi connectivity index (χ1v) is 13.7. The highest BCUT2D eigenvalue weighted by Gasteiger charge is 2.18. The van der Waals surface area contributed by atoms with Gasteiger partial charge in [0, 0.05) is 36.3 Å². The smallest absolute Gasteiger partial charge is 0.241 e. The topological polar surface area (TPSA) is 71.1 Å². The number of rotatable bonds is 10. The summed E-state index contributed by atoms with van der Waals surface area (Å²) >= 11 is 0. The third kappa shape index (κ3) is 5.46. The molecule has 5 nitrogen and oxygen atoms in total. The van der Waals surface area contributed by atoms with Gasteiger partial charge in [-0.25, -0.2) is 13.1 Å². The molecule has 1 heterocycles. The molecule has 0 fully saturated rings. The highest BCUT2D eigenvalue weighted by atomic mass is 32.2. The molecule has 0 aliphatic carbocycles. The lowest BCUT2D eigenvalue weighted by molar-refractivity contribution is 0.575. The van der Waals surface area contributed by atoms with E-state index in [1.165, 1.54) is 16.3 Å².